The van der Waals surface area contributed by atoms with Gasteiger partial charge >= 0.3 is 0 Å². The molecule has 4 rings (SSSR count). The molecular weight excluding hydrogens is 315 g/mol. The van der Waals surface area contributed by atoms with Crippen LogP contribution in [-0.2, 0) is 13.0 Å². The van der Waals surface area contributed by atoms with Gasteiger partial charge in [-0.3, -0.25) is 9.69 Å². The van der Waals surface area contributed by atoms with Gasteiger partial charge in [0.05, 0.1) is 5.69 Å². The van der Waals surface area contributed by atoms with E-state index in [-0.39, 0.29) is 11.7 Å². The van der Waals surface area contributed by atoms with Crippen LogP contribution >= 0.6 is 0 Å². The average Bonchev–Trinajstić information content (AvgIpc) is 3.05. The molecule has 1 amide bonds. The fourth-order valence-corrected chi connectivity index (χ4v) is 3.85. The number of halogens is 1. The fourth-order valence-electron chi connectivity index (χ4n) is 3.85. The van der Waals surface area contributed by atoms with Gasteiger partial charge in [-0.2, -0.15) is 0 Å². The zero-order valence-electron chi connectivity index (χ0n) is 14.4. The number of fused-ring (bicyclic) bond motifs is 1. The average molecular weight is 338 g/mol. The smallest absolute Gasteiger partial charge is 0.258 e. The largest absolute Gasteiger partial charge is 0.308 e. The van der Waals surface area contributed by atoms with Crippen LogP contribution in [0.2, 0.25) is 0 Å². The summed E-state index contributed by atoms with van der Waals surface area (Å²) in [6.07, 6.45) is 4.68. The highest BCUT2D eigenvalue weighted by Crippen LogP contribution is 2.30. The van der Waals surface area contributed by atoms with Crippen molar-refractivity contribution in [2.75, 3.05) is 24.5 Å². The highest BCUT2D eigenvalue weighted by Gasteiger charge is 2.26. The lowest BCUT2D eigenvalue weighted by Crippen LogP contribution is -2.30. The number of nitrogens with zero attached hydrogens (tertiary/aromatic N) is 2. The van der Waals surface area contributed by atoms with Crippen molar-refractivity contribution in [2.24, 2.45) is 0 Å². The SMILES string of the molecule is O=C(c1ccc(CN2CCCCC2)cc1)N1CCc2ccc(F)cc21. The third-order valence-corrected chi connectivity index (χ3v) is 5.24. The number of piperidine rings is 1. The first-order valence-electron chi connectivity index (χ1n) is 9.12. The standard InChI is InChI=1S/C21H23FN2O/c22-19-9-8-17-10-13-24(20(17)14-19)21(25)18-6-4-16(5-7-18)15-23-11-2-1-3-12-23/h4-9,14H,1-3,10-13,15H2. The molecule has 2 aromatic rings. The Bertz CT molecular complexity index is 766. The van der Waals surface area contributed by atoms with Crippen molar-refractivity contribution in [3.05, 3.63) is 65.0 Å². The number of carbonyl (C=O) groups is 1. The summed E-state index contributed by atoms with van der Waals surface area (Å²) < 4.78 is 13.5. The van der Waals surface area contributed by atoms with E-state index in [0.717, 1.165) is 31.6 Å². The second-order valence-electron chi connectivity index (χ2n) is 7.01. The maximum Gasteiger partial charge on any atom is 0.258 e. The van der Waals surface area contributed by atoms with Crippen molar-refractivity contribution in [1.82, 2.24) is 4.90 Å². The molecule has 0 radical (unpaired) electrons. The van der Waals surface area contributed by atoms with Crippen molar-refractivity contribution in [1.29, 1.82) is 0 Å². The summed E-state index contributed by atoms with van der Waals surface area (Å²) in [6, 6.07) is 12.6. The van der Waals surface area contributed by atoms with Gasteiger partial charge in [0.1, 0.15) is 5.82 Å². The Kier molecular flexibility index (Phi) is 4.53. The number of amides is 1. The summed E-state index contributed by atoms with van der Waals surface area (Å²) in [5.41, 5.74) is 3.66. The minimum absolute atomic E-state index is 0.0473. The van der Waals surface area contributed by atoms with Gasteiger partial charge in [-0.05, 0) is 67.7 Å². The predicted octanol–water partition coefficient (Wildman–Crippen LogP) is 4.01. The Morgan fingerprint density at radius 1 is 0.960 bits per heavy atom. The molecule has 0 aromatic heterocycles. The van der Waals surface area contributed by atoms with Crippen molar-refractivity contribution >= 4 is 11.6 Å². The molecule has 2 aliphatic rings. The molecule has 0 bridgehead atoms. The Morgan fingerprint density at radius 3 is 2.48 bits per heavy atom. The molecule has 2 aromatic carbocycles. The van der Waals surface area contributed by atoms with Crippen LogP contribution in [-0.4, -0.2) is 30.4 Å². The van der Waals surface area contributed by atoms with Crippen LogP contribution in [0.4, 0.5) is 10.1 Å². The molecule has 0 unspecified atom stereocenters. The normalized spacial score (nSPS) is 17.6. The van der Waals surface area contributed by atoms with Crippen LogP contribution in [0.5, 0.6) is 0 Å². The summed E-state index contributed by atoms with van der Waals surface area (Å²) in [6.45, 7) is 3.90. The second-order valence-corrected chi connectivity index (χ2v) is 7.01. The predicted molar refractivity (Wildman–Crippen MR) is 97.4 cm³/mol. The molecule has 3 nitrogen and oxygen atoms in total. The number of likely N-dealkylation sites (tertiary alicyclic amines) is 1. The zero-order valence-corrected chi connectivity index (χ0v) is 14.4. The van der Waals surface area contributed by atoms with E-state index in [4.69, 9.17) is 0 Å². The van der Waals surface area contributed by atoms with Gasteiger partial charge in [-0.1, -0.05) is 24.6 Å². The molecule has 0 atom stereocenters. The molecule has 2 aliphatic heterocycles. The molecule has 25 heavy (non-hydrogen) atoms. The lowest BCUT2D eigenvalue weighted by atomic mass is 10.1. The Balaban J connectivity index is 1.47. The summed E-state index contributed by atoms with van der Waals surface area (Å²) in [5, 5.41) is 0. The van der Waals surface area contributed by atoms with Crippen LogP contribution in [0.3, 0.4) is 0 Å². The molecule has 0 aliphatic carbocycles. The molecule has 0 saturated carbocycles. The van der Waals surface area contributed by atoms with E-state index in [1.54, 1.807) is 11.0 Å². The second kappa shape index (κ2) is 6.96. The summed E-state index contributed by atoms with van der Waals surface area (Å²) in [4.78, 5) is 17.0. The van der Waals surface area contributed by atoms with Gasteiger partial charge in [-0.15, -0.1) is 0 Å². The van der Waals surface area contributed by atoms with E-state index in [1.165, 1.54) is 37.0 Å². The first kappa shape index (κ1) is 16.3. The van der Waals surface area contributed by atoms with Crippen molar-refractivity contribution < 1.29 is 9.18 Å². The topological polar surface area (TPSA) is 23.6 Å². The molecule has 130 valence electrons. The van der Waals surface area contributed by atoms with E-state index in [0.29, 0.717) is 17.8 Å². The molecule has 0 spiro atoms. The quantitative estimate of drug-likeness (QED) is 0.844. The summed E-state index contributed by atoms with van der Waals surface area (Å²) in [7, 11) is 0. The highest BCUT2D eigenvalue weighted by molar-refractivity contribution is 6.07. The minimum atomic E-state index is -0.296. The van der Waals surface area contributed by atoms with Crippen LogP contribution in [0.1, 0.15) is 40.7 Å². The van der Waals surface area contributed by atoms with Gasteiger partial charge in [0.25, 0.3) is 5.91 Å². The first-order chi connectivity index (χ1) is 12.2. The molecule has 2 heterocycles. The summed E-state index contributed by atoms with van der Waals surface area (Å²) >= 11 is 0. The molecule has 1 saturated heterocycles. The number of carbonyl (C=O) groups excluding carboxylic acids is 1. The monoisotopic (exact) mass is 338 g/mol. The first-order valence-corrected chi connectivity index (χ1v) is 9.12. The lowest BCUT2D eigenvalue weighted by Gasteiger charge is -2.26. The van der Waals surface area contributed by atoms with Gasteiger partial charge in [0, 0.05) is 18.7 Å². The van der Waals surface area contributed by atoms with E-state index in [9.17, 15) is 9.18 Å². The van der Waals surface area contributed by atoms with Gasteiger partial charge in [0.2, 0.25) is 0 Å². The van der Waals surface area contributed by atoms with E-state index in [1.807, 2.05) is 24.3 Å². The van der Waals surface area contributed by atoms with Crippen molar-refractivity contribution in [3.8, 4) is 0 Å². The van der Waals surface area contributed by atoms with Crippen molar-refractivity contribution in [3.63, 3.8) is 0 Å². The third-order valence-electron chi connectivity index (χ3n) is 5.24. The maximum absolute atomic E-state index is 13.5. The summed E-state index contributed by atoms with van der Waals surface area (Å²) in [5.74, 6) is -0.343. The molecule has 1 fully saturated rings. The van der Waals surface area contributed by atoms with Gasteiger partial charge in [0.15, 0.2) is 0 Å². The maximum atomic E-state index is 13.5. The number of anilines is 1. The van der Waals surface area contributed by atoms with Gasteiger partial charge in [-0.25, -0.2) is 4.39 Å². The van der Waals surface area contributed by atoms with Crippen molar-refractivity contribution in [2.45, 2.75) is 32.2 Å². The number of benzene rings is 2. The Hall–Kier alpha value is -2.20. The Morgan fingerprint density at radius 2 is 1.72 bits per heavy atom. The van der Waals surface area contributed by atoms with E-state index in [2.05, 4.69) is 4.90 Å². The Labute approximate surface area is 148 Å². The molecule has 0 N–H and O–H groups in total. The molecule has 4 heteroatoms. The number of hydrogen-bond donors (Lipinski definition) is 0. The third kappa shape index (κ3) is 3.45. The highest BCUT2D eigenvalue weighted by atomic mass is 19.1. The van der Waals surface area contributed by atoms with Crippen LogP contribution < -0.4 is 4.90 Å². The minimum Gasteiger partial charge on any atom is -0.308 e. The lowest BCUT2D eigenvalue weighted by molar-refractivity contribution is 0.0989. The van der Waals surface area contributed by atoms with Crippen LogP contribution in [0, 0.1) is 5.82 Å². The number of rotatable bonds is 3. The molecular formula is C21H23FN2O. The van der Waals surface area contributed by atoms with E-state index >= 15 is 0 Å². The van der Waals surface area contributed by atoms with Crippen LogP contribution in [0.25, 0.3) is 0 Å². The number of hydrogen-bond acceptors (Lipinski definition) is 2. The fraction of sp³-hybridized carbons (Fsp3) is 0.381. The van der Waals surface area contributed by atoms with Gasteiger partial charge < -0.3 is 4.90 Å². The van der Waals surface area contributed by atoms with E-state index < -0.39 is 0 Å². The zero-order chi connectivity index (χ0) is 17.2. The van der Waals surface area contributed by atoms with Crippen LogP contribution in [0.15, 0.2) is 42.5 Å².